The number of aromatic nitrogens is 5. The van der Waals surface area contributed by atoms with E-state index in [2.05, 4.69) is 26.6 Å². The summed E-state index contributed by atoms with van der Waals surface area (Å²) in [7, 11) is 0. The highest BCUT2D eigenvalue weighted by molar-refractivity contribution is 7.99. The minimum absolute atomic E-state index is 0.0971. The Morgan fingerprint density at radius 3 is 3.00 bits per heavy atom. The van der Waals surface area contributed by atoms with Crippen LogP contribution in [-0.2, 0) is 0 Å². The van der Waals surface area contributed by atoms with Gasteiger partial charge in [-0.3, -0.25) is 4.68 Å². The monoisotopic (exact) mass is 449 g/mol. The molecule has 162 valence electrons. The molecule has 4 aromatic heterocycles. The molecule has 2 atom stereocenters. The fourth-order valence-corrected chi connectivity index (χ4v) is 5.07. The maximum atomic E-state index is 14.3. The molecule has 2 N–H and O–H groups in total. The molecule has 10 heteroatoms. The van der Waals surface area contributed by atoms with Crippen molar-refractivity contribution in [3.63, 3.8) is 0 Å². The van der Waals surface area contributed by atoms with Crippen LogP contribution in [0.1, 0.15) is 23.7 Å². The van der Waals surface area contributed by atoms with Crippen LogP contribution in [0.2, 0.25) is 0 Å². The third kappa shape index (κ3) is 3.54. The first-order valence-corrected chi connectivity index (χ1v) is 11.0. The Bertz CT molecular complexity index is 1340. The van der Waals surface area contributed by atoms with Crippen LogP contribution >= 0.6 is 11.8 Å². The van der Waals surface area contributed by atoms with Gasteiger partial charge in [-0.25, -0.2) is 13.9 Å². The summed E-state index contributed by atoms with van der Waals surface area (Å²) in [6, 6.07) is 6.86. The van der Waals surface area contributed by atoms with Crippen LogP contribution in [0.15, 0.2) is 52.9 Å². The largest absolute Gasteiger partial charge is 0.390 e. The first-order chi connectivity index (χ1) is 15.6. The molecule has 4 aromatic rings. The zero-order chi connectivity index (χ0) is 22.2. The predicted molar refractivity (Wildman–Crippen MR) is 117 cm³/mol. The van der Waals surface area contributed by atoms with Gasteiger partial charge in [-0.05, 0) is 38.1 Å². The van der Waals surface area contributed by atoms with Gasteiger partial charge in [0.15, 0.2) is 5.82 Å². The standard InChI is InChI=1S/C22H20FN7OS/c1-13-16(10-28-30(13)18-4-6-25-11-19(18)31)14-7-20(32-22-17(23)3-2-5-26-22)21-15(8-24)9-27-29(21)12-14/h2-3,5,7,9-10,12,18-19,25,31H,4,6,11H2,1H3. The second kappa shape index (κ2) is 8.35. The molecule has 2 unspecified atom stereocenters. The molecule has 5 rings (SSSR count). The number of aliphatic hydroxyl groups is 1. The SMILES string of the molecule is Cc1c(-c2cc(Sc3ncccc3F)c3c(C#N)cnn3c2)cnn1C1CCNCC1O. The van der Waals surface area contributed by atoms with E-state index in [1.807, 2.05) is 23.9 Å². The van der Waals surface area contributed by atoms with Gasteiger partial charge in [0.1, 0.15) is 11.1 Å². The van der Waals surface area contributed by atoms with Gasteiger partial charge in [0.2, 0.25) is 0 Å². The summed E-state index contributed by atoms with van der Waals surface area (Å²) < 4.78 is 17.8. The van der Waals surface area contributed by atoms with Gasteiger partial charge < -0.3 is 10.4 Å². The molecule has 1 saturated heterocycles. The highest BCUT2D eigenvalue weighted by atomic mass is 32.2. The molecule has 0 amide bonds. The summed E-state index contributed by atoms with van der Waals surface area (Å²) in [4.78, 5) is 4.81. The lowest BCUT2D eigenvalue weighted by Crippen LogP contribution is -2.42. The Morgan fingerprint density at radius 2 is 2.22 bits per heavy atom. The number of hydrogen-bond donors (Lipinski definition) is 2. The lowest BCUT2D eigenvalue weighted by atomic mass is 10.0. The molecular formula is C22H20FN7OS. The van der Waals surface area contributed by atoms with E-state index in [1.165, 1.54) is 24.5 Å². The van der Waals surface area contributed by atoms with Gasteiger partial charge in [0.05, 0.1) is 35.6 Å². The minimum Gasteiger partial charge on any atom is -0.390 e. The van der Waals surface area contributed by atoms with E-state index in [-0.39, 0.29) is 11.1 Å². The lowest BCUT2D eigenvalue weighted by Gasteiger charge is -2.29. The van der Waals surface area contributed by atoms with Crippen LogP contribution in [0.25, 0.3) is 16.6 Å². The Kier molecular flexibility index (Phi) is 5.38. The summed E-state index contributed by atoms with van der Waals surface area (Å²) >= 11 is 1.15. The lowest BCUT2D eigenvalue weighted by molar-refractivity contribution is 0.0800. The molecule has 0 bridgehead atoms. The topological polar surface area (TPSA) is 104 Å². The van der Waals surface area contributed by atoms with Crippen molar-refractivity contribution in [2.45, 2.75) is 35.4 Å². The van der Waals surface area contributed by atoms with E-state index in [1.54, 1.807) is 10.7 Å². The molecule has 1 aliphatic rings. The van der Waals surface area contributed by atoms with Crippen LogP contribution in [0.3, 0.4) is 0 Å². The number of nitriles is 1. The maximum Gasteiger partial charge on any atom is 0.155 e. The number of rotatable bonds is 4. The highest BCUT2D eigenvalue weighted by Crippen LogP contribution is 2.37. The number of aliphatic hydroxyl groups excluding tert-OH is 1. The van der Waals surface area contributed by atoms with E-state index in [0.717, 1.165) is 41.5 Å². The van der Waals surface area contributed by atoms with Gasteiger partial charge in [0, 0.05) is 40.7 Å². The summed E-state index contributed by atoms with van der Waals surface area (Å²) in [6.45, 7) is 3.32. The van der Waals surface area contributed by atoms with Crippen LogP contribution in [0.5, 0.6) is 0 Å². The van der Waals surface area contributed by atoms with Gasteiger partial charge in [-0.1, -0.05) is 11.8 Å². The average molecular weight is 450 g/mol. The molecule has 0 aliphatic carbocycles. The van der Waals surface area contributed by atoms with Gasteiger partial charge in [-0.2, -0.15) is 15.5 Å². The average Bonchev–Trinajstić information content (AvgIpc) is 3.39. The quantitative estimate of drug-likeness (QED) is 0.494. The molecule has 32 heavy (non-hydrogen) atoms. The van der Waals surface area contributed by atoms with Crippen LogP contribution in [0.4, 0.5) is 4.39 Å². The first kappa shape index (κ1) is 20.6. The summed E-state index contributed by atoms with van der Waals surface area (Å²) in [6.07, 6.45) is 6.91. The fraction of sp³-hybridized carbons (Fsp3) is 0.273. The summed E-state index contributed by atoms with van der Waals surface area (Å²) in [5.74, 6) is -0.428. The van der Waals surface area contributed by atoms with E-state index < -0.39 is 11.9 Å². The fourth-order valence-electron chi connectivity index (χ4n) is 4.10. The highest BCUT2D eigenvalue weighted by Gasteiger charge is 2.27. The zero-order valence-electron chi connectivity index (χ0n) is 17.2. The Morgan fingerprint density at radius 1 is 1.34 bits per heavy atom. The van der Waals surface area contributed by atoms with E-state index in [0.29, 0.717) is 22.5 Å². The summed E-state index contributed by atoms with van der Waals surface area (Å²) in [5, 5.41) is 32.3. The Labute approximate surface area is 187 Å². The van der Waals surface area contributed by atoms with Gasteiger partial charge in [0.25, 0.3) is 0 Å². The predicted octanol–water partition coefficient (Wildman–Crippen LogP) is 2.96. The molecule has 5 heterocycles. The van der Waals surface area contributed by atoms with Crippen molar-refractivity contribution < 1.29 is 9.50 Å². The Hall–Kier alpha value is -3.26. The number of nitrogens with zero attached hydrogens (tertiary/aromatic N) is 6. The van der Waals surface area contributed by atoms with Crippen molar-refractivity contribution in [1.82, 2.24) is 29.7 Å². The molecule has 0 aromatic carbocycles. The minimum atomic E-state index is -0.514. The number of piperidine rings is 1. The van der Waals surface area contributed by atoms with Crippen molar-refractivity contribution in [2.24, 2.45) is 0 Å². The molecule has 0 spiro atoms. The Balaban J connectivity index is 1.62. The number of nitrogens with one attached hydrogen (secondary N) is 1. The van der Waals surface area contributed by atoms with Gasteiger partial charge >= 0.3 is 0 Å². The molecule has 1 aliphatic heterocycles. The van der Waals surface area contributed by atoms with Crippen molar-refractivity contribution in [3.05, 3.63) is 60.1 Å². The second-order valence-electron chi connectivity index (χ2n) is 7.66. The zero-order valence-corrected chi connectivity index (χ0v) is 18.1. The molecular weight excluding hydrogens is 429 g/mol. The van der Waals surface area contributed by atoms with Gasteiger partial charge in [-0.15, -0.1) is 0 Å². The maximum absolute atomic E-state index is 14.3. The van der Waals surface area contributed by atoms with E-state index in [4.69, 9.17) is 0 Å². The number of β-amino-alcohol motifs (C(OH)–C–C–N with tert-alkyl or cyclic N) is 1. The third-order valence-electron chi connectivity index (χ3n) is 5.71. The summed E-state index contributed by atoms with van der Waals surface area (Å²) in [5.41, 5.74) is 3.64. The second-order valence-corrected chi connectivity index (χ2v) is 8.70. The van der Waals surface area contributed by atoms with Crippen molar-refractivity contribution in [2.75, 3.05) is 13.1 Å². The van der Waals surface area contributed by atoms with Crippen molar-refractivity contribution >= 4 is 17.3 Å². The van der Waals surface area contributed by atoms with Crippen molar-refractivity contribution in [1.29, 1.82) is 5.26 Å². The number of pyridine rings is 2. The first-order valence-electron chi connectivity index (χ1n) is 10.2. The normalized spacial score (nSPS) is 18.7. The third-order valence-corrected chi connectivity index (χ3v) is 6.74. The molecule has 1 fully saturated rings. The van der Waals surface area contributed by atoms with Crippen LogP contribution < -0.4 is 5.32 Å². The molecule has 8 nitrogen and oxygen atoms in total. The van der Waals surface area contributed by atoms with Crippen LogP contribution in [0, 0.1) is 24.1 Å². The van der Waals surface area contributed by atoms with E-state index in [9.17, 15) is 14.8 Å². The number of halogens is 1. The molecule has 0 radical (unpaired) electrons. The smallest absolute Gasteiger partial charge is 0.155 e. The van der Waals surface area contributed by atoms with Crippen LogP contribution in [-0.4, -0.2) is 48.7 Å². The number of hydrogen-bond acceptors (Lipinski definition) is 7. The van der Waals surface area contributed by atoms with Crippen molar-refractivity contribution in [3.8, 4) is 17.2 Å². The number of fused-ring (bicyclic) bond motifs is 1. The molecule has 0 saturated carbocycles. The van der Waals surface area contributed by atoms with E-state index >= 15 is 0 Å².